The van der Waals surface area contributed by atoms with Crippen LogP contribution in [0.2, 0.25) is 0 Å². The first-order chi connectivity index (χ1) is 7.65. The van der Waals surface area contributed by atoms with Gasteiger partial charge in [0.15, 0.2) is 0 Å². The van der Waals surface area contributed by atoms with E-state index in [0.717, 1.165) is 12.0 Å². The van der Waals surface area contributed by atoms with Gasteiger partial charge in [0.1, 0.15) is 5.78 Å². The first kappa shape index (κ1) is 11.1. The molecule has 1 heteroatoms. The summed E-state index contributed by atoms with van der Waals surface area (Å²) in [6.45, 7) is 4.17. The van der Waals surface area contributed by atoms with E-state index in [1.807, 2.05) is 0 Å². The molecule has 0 spiro atoms. The molecule has 0 aliphatic heterocycles. The fourth-order valence-electron chi connectivity index (χ4n) is 2.16. The molecule has 84 valence electrons. The number of hydrogen-bond acceptors (Lipinski definition) is 1. The van der Waals surface area contributed by atoms with Crippen LogP contribution < -0.4 is 0 Å². The van der Waals surface area contributed by atoms with Gasteiger partial charge < -0.3 is 0 Å². The predicted octanol–water partition coefficient (Wildman–Crippen LogP) is 3.41. The molecule has 1 aliphatic rings. The minimum absolute atomic E-state index is 0.344. The summed E-state index contributed by atoms with van der Waals surface area (Å²) in [4.78, 5) is 11.7. The average molecular weight is 214 g/mol. The molecular formula is C15H18O. The summed E-state index contributed by atoms with van der Waals surface area (Å²) in [5, 5.41) is 0. The Kier molecular flexibility index (Phi) is 3.23. The molecule has 16 heavy (non-hydrogen) atoms. The van der Waals surface area contributed by atoms with Crippen LogP contribution in [0.25, 0.3) is 6.08 Å². The Morgan fingerprint density at radius 2 is 2.19 bits per heavy atom. The van der Waals surface area contributed by atoms with E-state index in [2.05, 4.69) is 44.2 Å². The number of carbonyl (C=O) groups is 1. The van der Waals surface area contributed by atoms with Crippen molar-refractivity contribution >= 4 is 11.9 Å². The van der Waals surface area contributed by atoms with Gasteiger partial charge in [-0.25, -0.2) is 0 Å². The van der Waals surface area contributed by atoms with Crippen LogP contribution in [0.3, 0.4) is 0 Å². The number of ketones is 1. The zero-order chi connectivity index (χ0) is 11.5. The minimum Gasteiger partial charge on any atom is -0.299 e. The zero-order valence-electron chi connectivity index (χ0n) is 9.99. The molecular weight excluding hydrogens is 196 g/mol. The molecule has 0 radical (unpaired) electrons. The standard InChI is InChI=1S/C15H18O/c1-11(2)8-15(16)10-12-6-7-13-4-3-5-14(13)9-12/h3,5-7,9,11H,4,8,10H2,1-2H3. The van der Waals surface area contributed by atoms with Gasteiger partial charge in [-0.3, -0.25) is 4.79 Å². The van der Waals surface area contributed by atoms with E-state index in [1.54, 1.807) is 0 Å². The van der Waals surface area contributed by atoms with E-state index in [1.165, 1.54) is 11.1 Å². The molecule has 0 saturated carbocycles. The summed E-state index contributed by atoms with van der Waals surface area (Å²) < 4.78 is 0. The van der Waals surface area contributed by atoms with Gasteiger partial charge in [0.2, 0.25) is 0 Å². The van der Waals surface area contributed by atoms with Crippen LogP contribution in [-0.2, 0) is 17.6 Å². The smallest absolute Gasteiger partial charge is 0.137 e. The van der Waals surface area contributed by atoms with Crippen molar-refractivity contribution in [1.82, 2.24) is 0 Å². The Morgan fingerprint density at radius 1 is 1.38 bits per heavy atom. The van der Waals surface area contributed by atoms with Crippen molar-refractivity contribution in [3.63, 3.8) is 0 Å². The third-order valence-electron chi connectivity index (χ3n) is 2.88. The Balaban J connectivity index is 2.05. The van der Waals surface area contributed by atoms with Crippen molar-refractivity contribution in [2.75, 3.05) is 0 Å². The highest BCUT2D eigenvalue weighted by atomic mass is 16.1. The highest BCUT2D eigenvalue weighted by Crippen LogP contribution is 2.21. The number of allylic oxidation sites excluding steroid dienone is 1. The number of fused-ring (bicyclic) bond motifs is 1. The van der Waals surface area contributed by atoms with Gasteiger partial charge in [0, 0.05) is 12.8 Å². The normalized spacial score (nSPS) is 13.2. The monoisotopic (exact) mass is 214 g/mol. The largest absolute Gasteiger partial charge is 0.299 e. The Hall–Kier alpha value is -1.37. The van der Waals surface area contributed by atoms with Crippen molar-refractivity contribution in [3.05, 3.63) is 41.0 Å². The summed E-state index contributed by atoms with van der Waals surface area (Å²) in [6, 6.07) is 6.38. The minimum atomic E-state index is 0.344. The van der Waals surface area contributed by atoms with Crippen LogP contribution in [0.1, 0.15) is 37.0 Å². The maximum Gasteiger partial charge on any atom is 0.137 e. The van der Waals surface area contributed by atoms with Crippen LogP contribution in [0.15, 0.2) is 24.3 Å². The highest BCUT2D eigenvalue weighted by Gasteiger charge is 2.09. The number of carbonyl (C=O) groups excluding carboxylic acids is 1. The predicted molar refractivity (Wildman–Crippen MR) is 67.3 cm³/mol. The lowest BCUT2D eigenvalue weighted by atomic mass is 9.98. The third kappa shape index (κ3) is 2.60. The Labute approximate surface area is 97.2 Å². The van der Waals surface area contributed by atoms with Crippen molar-refractivity contribution in [1.29, 1.82) is 0 Å². The van der Waals surface area contributed by atoms with Crippen molar-refractivity contribution in [2.45, 2.75) is 33.1 Å². The average Bonchev–Trinajstić information content (AvgIpc) is 2.63. The van der Waals surface area contributed by atoms with Crippen LogP contribution in [0.5, 0.6) is 0 Å². The van der Waals surface area contributed by atoms with E-state index >= 15 is 0 Å². The van der Waals surface area contributed by atoms with Crippen LogP contribution in [-0.4, -0.2) is 5.78 Å². The van der Waals surface area contributed by atoms with Crippen LogP contribution in [0.4, 0.5) is 0 Å². The molecule has 1 nitrogen and oxygen atoms in total. The summed E-state index contributed by atoms with van der Waals surface area (Å²) >= 11 is 0. The number of rotatable bonds is 4. The summed E-state index contributed by atoms with van der Waals surface area (Å²) in [5.74, 6) is 0.804. The fraction of sp³-hybridized carbons (Fsp3) is 0.400. The maximum atomic E-state index is 11.7. The molecule has 1 aromatic carbocycles. The first-order valence-corrected chi connectivity index (χ1v) is 5.95. The number of Topliss-reactive ketones (excluding diaryl/α,β-unsaturated/α-hetero) is 1. The molecule has 0 saturated heterocycles. The topological polar surface area (TPSA) is 17.1 Å². The highest BCUT2D eigenvalue weighted by molar-refractivity contribution is 5.81. The molecule has 0 bridgehead atoms. The van der Waals surface area contributed by atoms with Gasteiger partial charge in [-0.2, -0.15) is 0 Å². The lowest BCUT2D eigenvalue weighted by Crippen LogP contribution is -2.06. The van der Waals surface area contributed by atoms with Gasteiger partial charge in [0.25, 0.3) is 0 Å². The molecule has 2 rings (SSSR count). The molecule has 0 N–H and O–H groups in total. The lowest BCUT2D eigenvalue weighted by molar-refractivity contribution is -0.119. The third-order valence-corrected chi connectivity index (χ3v) is 2.88. The van der Waals surface area contributed by atoms with E-state index in [0.29, 0.717) is 24.5 Å². The van der Waals surface area contributed by atoms with E-state index in [9.17, 15) is 4.79 Å². The second-order valence-corrected chi connectivity index (χ2v) is 4.95. The van der Waals surface area contributed by atoms with E-state index in [-0.39, 0.29) is 0 Å². The SMILES string of the molecule is CC(C)CC(=O)Cc1ccc2c(c1)C=CC2. The van der Waals surface area contributed by atoms with Gasteiger partial charge in [-0.15, -0.1) is 0 Å². The fourth-order valence-corrected chi connectivity index (χ4v) is 2.16. The molecule has 0 unspecified atom stereocenters. The molecule has 0 atom stereocenters. The number of benzene rings is 1. The maximum absolute atomic E-state index is 11.7. The summed E-state index contributed by atoms with van der Waals surface area (Å²) in [6.07, 6.45) is 6.62. The van der Waals surface area contributed by atoms with E-state index in [4.69, 9.17) is 0 Å². The first-order valence-electron chi connectivity index (χ1n) is 5.95. The Bertz CT molecular complexity index is 427. The van der Waals surface area contributed by atoms with Gasteiger partial charge in [-0.1, -0.05) is 44.2 Å². The molecule has 0 heterocycles. The van der Waals surface area contributed by atoms with Crippen LogP contribution in [0, 0.1) is 5.92 Å². The number of hydrogen-bond donors (Lipinski definition) is 0. The van der Waals surface area contributed by atoms with Crippen molar-refractivity contribution in [2.24, 2.45) is 5.92 Å². The zero-order valence-corrected chi connectivity index (χ0v) is 9.99. The summed E-state index contributed by atoms with van der Waals surface area (Å²) in [7, 11) is 0. The quantitative estimate of drug-likeness (QED) is 0.750. The molecule has 0 aromatic heterocycles. The van der Waals surface area contributed by atoms with Crippen molar-refractivity contribution < 1.29 is 4.79 Å². The second kappa shape index (κ2) is 4.65. The van der Waals surface area contributed by atoms with E-state index < -0.39 is 0 Å². The molecule has 0 fully saturated rings. The molecule has 0 amide bonds. The van der Waals surface area contributed by atoms with Crippen LogP contribution >= 0.6 is 0 Å². The lowest BCUT2D eigenvalue weighted by Gasteiger charge is -2.06. The summed E-state index contributed by atoms with van der Waals surface area (Å²) in [5.41, 5.74) is 3.81. The Morgan fingerprint density at radius 3 is 2.94 bits per heavy atom. The molecule has 1 aliphatic carbocycles. The van der Waals surface area contributed by atoms with Crippen molar-refractivity contribution in [3.8, 4) is 0 Å². The van der Waals surface area contributed by atoms with Gasteiger partial charge in [-0.05, 0) is 29.0 Å². The molecule has 1 aromatic rings. The van der Waals surface area contributed by atoms with Gasteiger partial charge in [0.05, 0.1) is 0 Å². The second-order valence-electron chi connectivity index (χ2n) is 4.95. The van der Waals surface area contributed by atoms with Gasteiger partial charge >= 0.3 is 0 Å².